The summed E-state index contributed by atoms with van der Waals surface area (Å²) in [5, 5.41) is 7.51. The summed E-state index contributed by atoms with van der Waals surface area (Å²) in [6.07, 6.45) is 1.18. The third-order valence-corrected chi connectivity index (χ3v) is 6.26. The number of anilines is 1. The Balaban J connectivity index is 1.67. The van der Waals surface area contributed by atoms with Gasteiger partial charge < -0.3 is 20.0 Å². The third-order valence-electron chi connectivity index (χ3n) is 6.26. The van der Waals surface area contributed by atoms with Crippen LogP contribution < -0.4 is 16.0 Å². The number of amides is 5. The molecule has 1 saturated heterocycles. The van der Waals surface area contributed by atoms with Gasteiger partial charge in [-0.2, -0.15) is 0 Å². The first-order valence-corrected chi connectivity index (χ1v) is 12.1. The molecular weight excluding hydrogens is 472 g/mol. The van der Waals surface area contributed by atoms with E-state index in [0.29, 0.717) is 22.9 Å². The number of furan rings is 1. The van der Waals surface area contributed by atoms with Crippen molar-refractivity contribution in [2.45, 2.75) is 51.7 Å². The van der Waals surface area contributed by atoms with Crippen molar-refractivity contribution in [3.63, 3.8) is 0 Å². The summed E-state index contributed by atoms with van der Waals surface area (Å²) in [6.45, 7) is 6.10. The number of nitrogens with zero attached hydrogens (tertiary/aromatic N) is 1. The summed E-state index contributed by atoms with van der Waals surface area (Å²) in [5.74, 6) is -0.673. The molecule has 0 aliphatic carbocycles. The molecular formula is C28H30N4O5. The van der Waals surface area contributed by atoms with Gasteiger partial charge >= 0.3 is 6.03 Å². The van der Waals surface area contributed by atoms with E-state index in [9.17, 15) is 19.2 Å². The minimum absolute atomic E-state index is 0.00757. The zero-order valence-corrected chi connectivity index (χ0v) is 21.0. The van der Waals surface area contributed by atoms with E-state index < -0.39 is 35.8 Å². The number of urea groups is 1. The van der Waals surface area contributed by atoms with E-state index in [-0.39, 0.29) is 13.0 Å². The lowest BCUT2D eigenvalue weighted by atomic mass is 10.0. The summed E-state index contributed by atoms with van der Waals surface area (Å²) < 4.78 is 5.49. The van der Waals surface area contributed by atoms with E-state index in [1.807, 2.05) is 43.3 Å². The largest absolute Gasteiger partial charge is 0.467 e. The number of nitrogens with one attached hydrogen (secondary N) is 3. The first kappa shape index (κ1) is 25.7. The molecule has 0 spiro atoms. The average molecular weight is 503 g/mol. The zero-order valence-electron chi connectivity index (χ0n) is 21.0. The Morgan fingerprint density at radius 1 is 1.00 bits per heavy atom. The Labute approximate surface area is 215 Å². The Morgan fingerprint density at radius 2 is 1.68 bits per heavy atom. The van der Waals surface area contributed by atoms with Crippen molar-refractivity contribution in [3.8, 4) is 0 Å². The number of carbonyl (C=O) groups excluding carboxylic acids is 4. The molecule has 192 valence electrons. The molecule has 0 bridgehead atoms. The standard InChI is InChI=1S/C28H30N4O5/c1-17(2)19-10-12-21(13-11-19)29-27(35)25(20-8-6-18(3)7-9-20)32(16-22-5-4-14-37-22)24(33)15-23-26(34)31-28(36)30-23/h4-14,17,23,25H,15-16H2,1-3H3,(H,29,35)(H2,30,31,34,36)/t23-,25-/m1/s1. The summed E-state index contributed by atoms with van der Waals surface area (Å²) >= 11 is 0. The summed E-state index contributed by atoms with van der Waals surface area (Å²) in [5.41, 5.74) is 3.34. The third kappa shape index (κ3) is 6.24. The van der Waals surface area contributed by atoms with Crippen LogP contribution in [0.1, 0.15) is 54.7 Å². The maximum atomic E-state index is 13.8. The van der Waals surface area contributed by atoms with Crippen molar-refractivity contribution >= 4 is 29.4 Å². The first-order chi connectivity index (χ1) is 17.7. The number of hydrogen-bond acceptors (Lipinski definition) is 5. The fraction of sp³-hybridized carbons (Fsp3) is 0.286. The van der Waals surface area contributed by atoms with Crippen LogP contribution in [0, 0.1) is 6.92 Å². The van der Waals surface area contributed by atoms with Crippen LogP contribution in [0.25, 0.3) is 0 Å². The highest BCUT2D eigenvalue weighted by atomic mass is 16.3. The molecule has 2 aromatic carbocycles. The number of carbonyl (C=O) groups is 4. The average Bonchev–Trinajstić information content (AvgIpc) is 3.48. The van der Waals surface area contributed by atoms with Crippen molar-refractivity contribution in [1.29, 1.82) is 0 Å². The molecule has 1 aromatic heterocycles. The second-order valence-electron chi connectivity index (χ2n) is 9.40. The molecule has 4 rings (SSSR count). The maximum Gasteiger partial charge on any atom is 0.322 e. The highest BCUT2D eigenvalue weighted by Crippen LogP contribution is 2.28. The lowest BCUT2D eigenvalue weighted by Crippen LogP contribution is -2.44. The number of benzene rings is 2. The van der Waals surface area contributed by atoms with Crippen LogP contribution in [0.4, 0.5) is 10.5 Å². The molecule has 0 unspecified atom stereocenters. The van der Waals surface area contributed by atoms with E-state index in [1.54, 1.807) is 24.3 Å². The van der Waals surface area contributed by atoms with Gasteiger partial charge in [0, 0.05) is 5.69 Å². The van der Waals surface area contributed by atoms with Gasteiger partial charge in [-0.05, 0) is 48.2 Å². The van der Waals surface area contributed by atoms with E-state index in [2.05, 4.69) is 29.8 Å². The second kappa shape index (κ2) is 11.1. The van der Waals surface area contributed by atoms with Gasteiger partial charge in [0.15, 0.2) is 0 Å². The highest BCUT2D eigenvalue weighted by molar-refractivity contribution is 6.06. The molecule has 3 aromatic rings. The van der Waals surface area contributed by atoms with Crippen LogP contribution in [-0.4, -0.2) is 34.7 Å². The SMILES string of the molecule is Cc1ccc([C@H](C(=O)Nc2ccc(C(C)C)cc2)N(Cc2ccco2)C(=O)C[C@H]2NC(=O)NC2=O)cc1. The molecule has 9 heteroatoms. The monoisotopic (exact) mass is 502 g/mol. The van der Waals surface area contributed by atoms with Crippen LogP contribution >= 0.6 is 0 Å². The smallest absolute Gasteiger partial charge is 0.322 e. The predicted molar refractivity (Wildman–Crippen MR) is 137 cm³/mol. The minimum atomic E-state index is -1.02. The van der Waals surface area contributed by atoms with Gasteiger partial charge in [-0.1, -0.05) is 55.8 Å². The fourth-order valence-electron chi connectivity index (χ4n) is 4.17. The van der Waals surface area contributed by atoms with E-state index >= 15 is 0 Å². The molecule has 1 aliphatic rings. The van der Waals surface area contributed by atoms with Crippen molar-refractivity contribution < 1.29 is 23.6 Å². The molecule has 2 heterocycles. The van der Waals surface area contributed by atoms with Crippen molar-refractivity contribution in [1.82, 2.24) is 15.5 Å². The number of rotatable bonds is 9. The van der Waals surface area contributed by atoms with Gasteiger partial charge in [0.1, 0.15) is 17.8 Å². The predicted octanol–water partition coefficient (Wildman–Crippen LogP) is 4.02. The second-order valence-corrected chi connectivity index (χ2v) is 9.40. The summed E-state index contributed by atoms with van der Waals surface area (Å²) in [7, 11) is 0. The molecule has 2 atom stereocenters. The van der Waals surface area contributed by atoms with Gasteiger partial charge in [-0.25, -0.2) is 4.79 Å². The molecule has 1 aliphatic heterocycles. The number of hydrogen-bond donors (Lipinski definition) is 3. The highest BCUT2D eigenvalue weighted by Gasteiger charge is 2.37. The summed E-state index contributed by atoms with van der Waals surface area (Å²) in [6, 6.07) is 15.6. The minimum Gasteiger partial charge on any atom is -0.467 e. The normalized spacial score (nSPS) is 15.7. The van der Waals surface area contributed by atoms with E-state index in [4.69, 9.17) is 4.42 Å². The van der Waals surface area contributed by atoms with Crippen LogP contribution in [0.15, 0.2) is 71.3 Å². The van der Waals surface area contributed by atoms with Gasteiger partial charge in [0.05, 0.1) is 19.2 Å². The quantitative estimate of drug-likeness (QED) is 0.382. The van der Waals surface area contributed by atoms with Crippen molar-refractivity contribution in [2.75, 3.05) is 5.32 Å². The number of aryl methyl sites for hydroxylation is 1. The molecule has 9 nitrogen and oxygen atoms in total. The Bertz CT molecular complexity index is 1270. The van der Waals surface area contributed by atoms with Crippen LogP contribution in [0.2, 0.25) is 0 Å². The molecule has 37 heavy (non-hydrogen) atoms. The first-order valence-electron chi connectivity index (χ1n) is 12.1. The van der Waals surface area contributed by atoms with Crippen LogP contribution in [0.3, 0.4) is 0 Å². The fourth-order valence-corrected chi connectivity index (χ4v) is 4.17. The van der Waals surface area contributed by atoms with Gasteiger partial charge in [0.2, 0.25) is 5.91 Å². The molecule has 5 amide bonds. The van der Waals surface area contributed by atoms with E-state index in [1.165, 1.54) is 11.2 Å². The Hall–Kier alpha value is -4.40. The van der Waals surface area contributed by atoms with Crippen molar-refractivity contribution in [2.24, 2.45) is 0 Å². The lowest BCUT2D eigenvalue weighted by Gasteiger charge is -2.31. The number of imide groups is 1. The topological polar surface area (TPSA) is 121 Å². The van der Waals surface area contributed by atoms with Crippen LogP contribution in [-0.2, 0) is 20.9 Å². The van der Waals surface area contributed by atoms with Crippen LogP contribution in [0.5, 0.6) is 0 Å². The van der Waals surface area contributed by atoms with Gasteiger partial charge in [-0.3, -0.25) is 19.7 Å². The summed E-state index contributed by atoms with van der Waals surface area (Å²) in [4.78, 5) is 52.5. The van der Waals surface area contributed by atoms with Crippen molar-refractivity contribution in [3.05, 3.63) is 89.4 Å². The Morgan fingerprint density at radius 3 is 2.24 bits per heavy atom. The van der Waals surface area contributed by atoms with Gasteiger partial charge in [0.25, 0.3) is 11.8 Å². The van der Waals surface area contributed by atoms with Gasteiger partial charge in [-0.15, -0.1) is 0 Å². The zero-order chi connectivity index (χ0) is 26.5. The molecule has 0 radical (unpaired) electrons. The molecule has 0 saturated carbocycles. The van der Waals surface area contributed by atoms with E-state index in [0.717, 1.165) is 11.1 Å². The Kier molecular flexibility index (Phi) is 7.71. The lowest BCUT2D eigenvalue weighted by molar-refractivity contribution is -0.141. The maximum absolute atomic E-state index is 13.8. The molecule has 1 fully saturated rings. The molecule has 3 N–H and O–H groups in total.